The van der Waals surface area contributed by atoms with Gasteiger partial charge in [-0.05, 0) is 144 Å². The molecule has 0 radical (unpaired) electrons. The predicted molar refractivity (Wildman–Crippen MR) is 344 cm³/mol. The molecular weight excluding hydrogens is 1070 g/mol. The van der Waals surface area contributed by atoms with Gasteiger partial charge in [-0.2, -0.15) is 0 Å². The van der Waals surface area contributed by atoms with Gasteiger partial charge in [-0.3, -0.25) is 0 Å². The zero-order valence-corrected chi connectivity index (χ0v) is 51.1. The molecule has 0 heterocycles. The van der Waals surface area contributed by atoms with Crippen molar-refractivity contribution in [3.05, 3.63) is 203 Å². The highest BCUT2D eigenvalue weighted by Gasteiger charge is 2.19. The van der Waals surface area contributed by atoms with Crippen LogP contribution in [-0.4, -0.2) is 37.0 Å². The van der Waals surface area contributed by atoms with Crippen LogP contribution in [0, 0.1) is 0 Å². The van der Waals surface area contributed by atoms with Crippen molar-refractivity contribution in [2.45, 2.75) is 181 Å². The number of hydrogen-bond acceptors (Lipinski definition) is 10. The quantitative estimate of drug-likeness (QED) is 0.0211. The second-order valence-electron chi connectivity index (χ2n) is 22.6. The lowest BCUT2D eigenvalue weighted by molar-refractivity contribution is 0.0593. The molecule has 0 bridgehead atoms. The Morgan fingerprint density at radius 1 is 0.256 bits per heavy atom. The van der Waals surface area contributed by atoms with E-state index in [-0.39, 0.29) is 39.7 Å². The molecule has 0 N–H and O–H groups in total. The van der Waals surface area contributed by atoms with Crippen LogP contribution in [0.1, 0.15) is 231 Å². The van der Waals surface area contributed by atoms with Gasteiger partial charge in [0.1, 0.15) is 23.0 Å². The van der Waals surface area contributed by atoms with Crippen molar-refractivity contribution in [1.82, 2.24) is 0 Å². The molecule has 0 saturated heterocycles. The van der Waals surface area contributed by atoms with Gasteiger partial charge in [0.05, 0.1) is 34.9 Å². The Balaban J connectivity index is 0.822. The second kappa shape index (κ2) is 36.7. The topological polar surface area (TPSA) is 132 Å². The van der Waals surface area contributed by atoms with Gasteiger partial charge in [0, 0.05) is 6.07 Å². The van der Waals surface area contributed by atoms with E-state index in [1.54, 1.807) is 24.3 Å². The lowest BCUT2D eigenvalue weighted by Gasteiger charge is -2.11. The van der Waals surface area contributed by atoms with Crippen molar-refractivity contribution in [3.63, 3.8) is 0 Å². The molecule has 0 amide bonds. The Bertz CT molecular complexity index is 2960. The number of unbranched alkanes of at least 4 members (excludes halogenated alkanes) is 22. The largest absolute Gasteiger partial charge is 0.465 e. The maximum Gasteiger partial charge on any atom is 0.343 e. The molecule has 0 aliphatic rings. The van der Waals surface area contributed by atoms with Gasteiger partial charge >= 0.3 is 29.8 Å². The second-order valence-corrected chi connectivity index (χ2v) is 22.6. The van der Waals surface area contributed by atoms with Crippen LogP contribution in [0.4, 0.5) is 0 Å². The molecule has 10 heteroatoms. The minimum atomic E-state index is -0.791. The third-order valence-corrected chi connectivity index (χ3v) is 15.8. The van der Waals surface area contributed by atoms with E-state index in [9.17, 15) is 24.0 Å². The summed E-state index contributed by atoms with van der Waals surface area (Å²) in [6, 6.07) is 47.3. The van der Waals surface area contributed by atoms with E-state index in [1.807, 2.05) is 24.3 Å². The van der Waals surface area contributed by atoms with Crippen LogP contribution in [-0.2, 0) is 17.6 Å². The molecule has 86 heavy (non-hydrogen) atoms. The maximum atomic E-state index is 13.4. The summed E-state index contributed by atoms with van der Waals surface area (Å²) in [6.07, 6.45) is 34.3. The monoisotopic (exact) mass is 1160 g/mol. The van der Waals surface area contributed by atoms with Crippen molar-refractivity contribution in [2.24, 2.45) is 0 Å². The Hall–Kier alpha value is -8.11. The molecule has 0 atom stereocenters. The smallest absolute Gasteiger partial charge is 0.343 e. The molecule has 0 fully saturated rings. The molecule has 10 nitrogen and oxygen atoms in total. The summed E-state index contributed by atoms with van der Waals surface area (Å²) in [4.78, 5) is 65.7. The highest BCUT2D eigenvalue weighted by molar-refractivity contribution is 5.96. The highest BCUT2D eigenvalue weighted by atomic mass is 16.6. The van der Waals surface area contributed by atoms with Gasteiger partial charge in [0.2, 0.25) is 0 Å². The number of rotatable bonds is 37. The average Bonchev–Trinajstić information content (AvgIpc) is 3.68. The van der Waals surface area contributed by atoms with Gasteiger partial charge in [-0.15, -0.1) is 0 Å². The standard InChI is InChI=1S/C76H88O10/c1-4-6-8-10-12-14-16-18-20-22-24-26-28-57-30-34-59(35-31-57)61-38-42-63(43-39-61)73(78)83-68-50-46-65(47-51-68)75(80)85-70-54-67(72(77)82-3)55-71(56-70)86-76(81)66-48-52-69(53-49-66)84-74(79)64-44-40-62(41-45-64)60-36-32-58(33-37-60)29-27-25-23-21-19-17-15-13-11-9-7-5-2/h30-56H,4-29H2,1-3H3. The van der Waals surface area contributed by atoms with E-state index >= 15 is 0 Å². The molecule has 7 aromatic carbocycles. The van der Waals surface area contributed by atoms with Crippen molar-refractivity contribution in [2.75, 3.05) is 7.11 Å². The summed E-state index contributed by atoms with van der Waals surface area (Å²) in [5.74, 6) is -3.22. The lowest BCUT2D eigenvalue weighted by atomic mass is 10.00. The van der Waals surface area contributed by atoms with Crippen LogP contribution in [0.2, 0.25) is 0 Å². The fourth-order valence-corrected chi connectivity index (χ4v) is 10.6. The molecule has 0 spiro atoms. The average molecular weight is 1160 g/mol. The predicted octanol–water partition coefficient (Wildman–Crippen LogP) is 20.2. The number of ether oxygens (including phenoxy) is 5. The number of hydrogen-bond donors (Lipinski definition) is 0. The van der Waals surface area contributed by atoms with Crippen molar-refractivity contribution >= 4 is 29.8 Å². The van der Waals surface area contributed by atoms with Gasteiger partial charge < -0.3 is 23.7 Å². The first kappa shape index (κ1) is 65.4. The first-order valence-corrected chi connectivity index (χ1v) is 31.8. The van der Waals surface area contributed by atoms with Gasteiger partial charge in [0.25, 0.3) is 0 Å². The molecule has 0 aliphatic carbocycles. The van der Waals surface area contributed by atoms with E-state index in [0.717, 1.165) is 35.1 Å². The number of carbonyl (C=O) groups excluding carboxylic acids is 5. The fourth-order valence-electron chi connectivity index (χ4n) is 10.6. The number of carbonyl (C=O) groups is 5. The fraction of sp³-hybridized carbons (Fsp3) is 0.382. The van der Waals surface area contributed by atoms with Crippen LogP contribution >= 0.6 is 0 Å². The van der Waals surface area contributed by atoms with Crippen LogP contribution in [0.5, 0.6) is 23.0 Å². The summed E-state index contributed by atoms with van der Waals surface area (Å²) in [6.45, 7) is 4.53. The zero-order chi connectivity index (χ0) is 60.6. The number of benzene rings is 7. The van der Waals surface area contributed by atoms with E-state index < -0.39 is 29.8 Å². The normalized spacial score (nSPS) is 11.0. The molecule has 452 valence electrons. The van der Waals surface area contributed by atoms with Gasteiger partial charge in [0.15, 0.2) is 0 Å². The minimum absolute atomic E-state index is 0.0394. The number of esters is 5. The first-order valence-electron chi connectivity index (χ1n) is 31.8. The molecule has 0 aromatic heterocycles. The molecule has 0 saturated carbocycles. The van der Waals surface area contributed by atoms with Gasteiger partial charge in [-0.25, -0.2) is 24.0 Å². The third kappa shape index (κ3) is 22.4. The Morgan fingerprint density at radius 2 is 0.500 bits per heavy atom. The van der Waals surface area contributed by atoms with Crippen LogP contribution in [0.15, 0.2) is 164 Å². The summed E-state index contributed by atoms with van der Waals surface area (Å²) in [7, 11) is 1.19. The number of aryl methyl sites for hydroxylation is 2. The summed E-state index contributed by atoms with van der Waals surface area (Å²) >= 11 is 0. The van der Waals surface area contributed by atoms with Crippen molar-refractivity contribution in [1.29, 1.82) is 0 Å². The lowest BCUT2D eigenvalue weighted by Crippen LogP contribution is -2.12. The Morgan fingerprint density at radius 3 is 0.779 bits per heavy atom. The van der Waals surface area contributed by atoms with Crippen LogP contribution < -0.4 is 18.9 Å². The molecular formula is C76H88O10. The third-order valence-electron chi connectivity index (χ3n) is 15.8. The van der Waals surface area contributed by atoms with E-state index in [4.69, 9.17) is 23.7 Å². The van der Waals surface area contributed by atoms with Gasteiger partial charge in [-0.1, -0.05) is 228 Å². The van der Waals surface area contributed by atoms with Crippen molar-refractivity contribution in [3.8, 4) is 45.3 Å². The first-order chi connectivity index (χ1) is 42.1. The van der Waals surface area contributed by atoms with Crippen LogP contribution in [0.25, 0.3) is 22.3 Å². The highest BCUT2D eigenvalue weighted by Crippen LogP contribution is 2.29. The molecule has 7 aromatic rings. The summed E-state index contributed by atoms with van der Waals surface area (Å²) < 4.78 is 27.4. The van der Waals surface area contributed by atoms with E-state index in [2.05, 4.69) is 62.4 Å². The molecule has 0 aliphatic heterocycles. The number of methoxy groups -OCH3 is 1. The van der Waals surface area contributed by atoms with E-state index in [0.29, 0.717) is 11.1 Å². The zero-order valence-electron chi connectivity index (χ0n) is 51.1. The minimum Gasteiger partial charge on any atom is -0.465 e. The maximum absolute atomic E-state index is 13.4. The summed E-state index contributed by atoms with van der Waals surface area (Å²) in [5, 5.41) is 0. The van der Waals surface area contributed by atoms with Crippen molar-refractivity contribution < 1.29 is 47.7 Å². The SMILES string of the molecule is CCCCCCCCCCCCCCc1ccc(-c2ccc(C(=O)Oc3ccc(C(=O)Oc4cc(OC(=O)c5ccc(OC(=O)c6ccc(-c7ccc(CCCCCCCCCCCCCC)cc7)cc6)cc5)cc(C(=O)OC)c4)cc3)cc2)cc1. The van der Waals surface area contributed by atoms with E-state index in [1.165, 1.54) is 239 Å². The molecule has 7 rings (SSSR count). The summed E-state index contributed by atoms with van der Waals surface area (Å²) in [5.41, 5.74) is 7.72. The Kier molecular flexibility index (Phi) is 27.9. The van der Waals surface area contributed by atoms with Crippen LogP contribution in [0.3, 0.4) is 0 Å². The Labute approximate surface area is 511 Å². The molecule has 0 unspecified atom stereocenters.